The van der Waals surface area contributed by atoms with Gasteiger partial charge in [0.2, 0.25) is 5.91 Å². The number of amides is 3. The third-order valence-corrected chi connectivity index (χ3v) is 7.18. The van der Waals surface area contributed by atoms with Crippen molar-refractivity contribution >= 4 is 47.3 Å². The molecule has 1 saturated heterocycles. The van der Waals surface area contributed by atoms with Gasteiger partial charge in [0, 0.05) is 56.3 Å². The Morgan fingerprint density at radius 1 is 1.27 bits per heavy atom. The molecule has 2 aromatic heterocycles. The van der Waals surface area contributed by atoms with Gasteiger partial charge in [0.15, 0.2) is 6.29 Å². The number of fused-ring (bicyclic) bond motifs is 1. The number of carbonyl (C=O) groups excluding carboxylic acids is 3. The van der Waals surface area contributed by atoms with E-state index in [0.29, 0.717) is 50.1 Å². The molecule has 0 radical (unpaired) electrons. The summed E-state index contributed by atoms with van der Waals surface area (Å²) in [6.07, 6.45) is 3.10. The zero-order chi connectivity index (χ0) is 28.9. The van der Waals surface area contributed by atoms with Gasteiger partial charge in [-0.3, -0.25) is 24.7 Å². The van der Waals surface area contributed by atoms with Gasteiger partial charge in [0.1, 0.15) is 23.4 Å². The number of hydrogen-bond donors (Lipinski definition) is 2. The summed E-state index contributed by atoms with van der Waals surface area (Å²) in [5, 5.41) is 14.7. The fraction of sp³-hybridized carbons (Fsp3) is 0.440. The number of urea groups is 1. The van der Waals surface area contributed by atoms with Gasteiger partial charge in [-0.2, -0.15) is 18.4 Å². The van der Waals surface area contributed by atoms with E-state index in [2.05, 4.69) is 20.6 Å². The highest BCUT2D eigenvalue weighted by Crippen LogP contribution is 2.31. The molecule has 4 rings (SSSR count). The first-order valence-corrected chi connectivity index (χ1v) is 13.4. The maximum atomic E-state index is 13.2. The van der Waals surface area contributed by atoms with Crippen LogP contribution in [0.1, 0.15) is 33.6 Å². The first kappa shape index (κ1) is 29.1. The maximum absolute atomic E-state index is 13.2. The normalized spacial score (nSPS) is 15.8. The molecule has 0 atom stereocenters. The first-order chi connectivity index (χ1) is 19.1. The van der Waals surface area contributed by atoms with Crippen molar-refractivity contribution in [2.75, 3.05) is 61.1 Å². The lowest BCUT2D eigenvalue weighted by Gasteiger charge is -2.33. The van der Waals surface area contributed by atoms with E-state index in [1.807, 2.05) is 24.1 Å². The Balaban J connectivity index is 1.49. The fourth-order valence-electron chi connectivity index (χ4n) is 4.47. The minimum Gasteiger partial charge on any atom is -0.383 e. The molecule has 0 bridgehead atoms. The zero-order valence-corrected chi connectivity index (χ0v) is 22.4. The third kappa shape index (κ3) is 7.19. The van der Waals surface area contributed by atoms with Crippen molar-refractivity contribution < 1.29 is 27.6 Å². The van der Waals surface area contributed by atoms with Crippen LogP contribution in [-0.4, -0.2) is 89.0 Å². The molecule has 2 aliphatic heterocycles. The molecule has 4 heterocycles. The largest absolute Gasteiger partial charge is 0.441 e. The number of aldehydes is 1. The molecule has 0 aromatic carbocycles. The van der Waals surface area contributed by atoms with E-state index < -0.39 is 11.5 Å². The Morgan fingerprint density at radius 3 is 2.77 bits per heavy atom. The Hall–Kier alpha value is -3.90. The van der Waals surface area contributed by atoms with Crippen LogP contribution in [0.5, 0.6) is 0 Å². The van der Waals surface area contributed by atoms with Gasteiger partial charge < -0.3 is 10.2 Å². The number of thioether (sulfide) groups is 1. The van der Waals surface area contributed by atoms with Crippen LogP contribution in [0.25, 0.3) is 0 Å². The fourth-order valence-corrected chi connectivity index (χ4v) is 4.91. The number of alkyl halides is 3. The van der Waals surface area contributed by atoms with E-state index in [4.69, 9.17) is 0 Å². The summed E-state index contributed by atoms with van der Waals surface area (Å²) in [5.41, 5.74) is -2.49. The molecule has 2 aliphatic rings. The topological polar surface area (TPSA) is 135 Å². The molecule has 2 N–H and O–H groups in total. The predicted octanol–water partition coefficient (Wildman–Crippen LogP) is 3.08. The van der Waals surface area contributed by atoms with Gasteiger partial charge in [-0.05, 0) is 43.3 Å². The number of aromatic nitrogens is 2. The summed E-state index contributed by atoms with van der Waals surface area (Å²) in [4.78, 5) is 51.1. The van der Waals surface area contributed by atoms with E-state index in [1.165, 1.54) is 17.2 Å². The molecule has 3 amide bonds. The first-order valence-electron chi connectivity index (χ1n) is 12.5. The van der Waals surface area contributed by atoms with Crippen LogP contribution in [-0.2, 0) is 17.8 Å². The van der Waals surface area contributed by atoms with Crippen molar-refractivity contribution in [1.82, 2.24) is 19.8 Å². The van der Waals surface area contributed by atoms with Crippen LogP contribution in [0.3, 0.4) is 0 Å². The quantitative estimate of drug-likeness (QED) is 0.359. The van der Waals surface area contributed by atoms with Gasteiger partial charge in [-0.15, -0.1) is 0 Å². The standard InChI is InChI=1S/C25H27F3N8O3S/c1-34-6-7-35(22(38)14-34)13-17-9-16-3-2-5-36(23(16)32-20(17)15-37)24(39)33-21-10-19(18(11-29)12-31-21)30-4-8-40-25(26,27)28/h9-10,12,15H,2-8,13-14H2,1H3,(H2,30,31,33,39). The van der Waals surface area contributed by atoms with Crippen LogP contribution in [0, 0.1) is 11.3 Å². The van der Waals surface area contributed by atoms with Crippen molar-refractivity contribution in [2.24, 2.45) is 0 Å². The van der Waals surface area contributed by atoms with Crippen LogP contribution in [0.15, 0.2) is 18.3 Å². The molecule has 0 aliphatic carbocycles. The zero-order valence-electron chi connectivity index (χ0n) is 21.6. The summed E-state index contributed by atoms with van der Waals surface area (Å²) in [5.74, 6) is 0.115. The Morgan fingerprint density at radius 2 is 2.08 bits per heavy atom. The van der Waals surface area contributed by atoms with Crippen molar-refractivity contribution in [3.05, 3.63) is 40.7 Å². The second kappa shape index (κ2) is 12.5. The van der Waals surface area contributed by atoms with Crippen LogP contribution < -0.4 is 15.5 Å². The number of halogens is 3. The monoisotopic (exact) mass is 576 g/mol. The second-order valence-electron chi connectivity index (χ2n) is 9.32. The summed E-state index contributed by atoms with van der Waals surface area (Å²) in [6.45, 7) is 2.08. The highest BCUT2D eigenvalue weighted by Gasteiger charge is 2.29. The molecule has 11 nitrogen and oxygen atoms in total. The van der Waals surface area contributed by atoms with E-state index >= 15 is 0 Å². The number of carbonyl (C=O) groups is 3. The van der Waals surface area contributed by atoms with Crippen LogP contribution in [0.2, 0.25) is 0 Å². The minimum atomic E-state index is -4.36. The number of nitrogens with one attached hydrogen (secondary N) is 2. The molecule has 0 saturated carbocycles. The molecular formula is C25H27F3N8O3S. The van der Waals surface area contributed by atoms with Crippen molar-refractivity contribution in [3.8, 4) is 6.07 Å². The Kier molecular flexibility index (Phi) is 9.10. The number of piperazine rings is 1. The lowest BCUT2D eigenvalue weighted by Crippen LogP contribution is -2.48. The number of aryl methyl sites for hydroxylation is 1. The number of hydrogen-bond acceptors (Lipinski definition) is 9. The third-order valence-electron chi connectivity index (χ3n) is 6.44. The second-order valence-corrected chi connectivity index (χ2v) is 10.5. The minimum absolute atomic E-state index is 0.0350. The van der Waals surface area contributed by atoms with Crippen molar-refractivity contribution in [1.29, 1.82) is 5.26 Å². The van der Waals surface area contributed by atoms with E-state index in [-0.39, 0.29) is 59.3 Å². The Labute approximate surface area is 232 Å². The van der Waals surface area contributed by atoms with Gasteiger partial charge in [-0.25, -0.2) is 14.8 Å². The Bertz CT molecular complexity index is 1330. The summed E-state index contributed by atoms with van der Waals surface area (Å²) >= 11 is -0.183. The lowest BCUT2D eigenvalue weighted by atomic mass is 10.0. The molecule has 0 unspecified atom stereocenters. The number of pyridine rings is 2. The number of nitriles is 1. The van der Waals surface area contributed by atoms with Gasteiger partial charge in [-0.1, -0.05) is 0 Å². The number of anilines is 3. The molecule has 40 heavy (non-hydrogen) atoms. The van der Waals surface area contributed by atoms with Crippen LogP contribution >= 0.6 is 11.8 Å². The van der Waals surface area contributed by atoms with Gasteiger partial charge in [0.25, 0.3) is 0 Å². The molecule has 1 fully saturated rings. The van der Waals surface area contributed by atoms with Gasteiger partial charge in [0.05, 0.1) is 17.8 Å². The molecule has 212 valence electrons. The molecule has 0 spiro atoms. The maximum Gasteiger partial charge on any atom is 0.441 e. The van der Waals surface area contributed by atoms with Crippen molar-refractivity contribution in [2.45, 2.75) is 24.9 Å². The lowest BCUT2D eigenvalue weighted by molar-refractivity contribution is -0.136. The highest BCUT2D eigenvalue weighted by atomic mass is 32.2. The molecule has 15 heteroatoms. The molecular weight excluding hydrogens is 549 g/mol. The number of rotatable bonds is 8. The van der Waals surface area contributed by atoms with Crippen LogP contribution in [0.4, 0.5) is 35.3 Å². The molecule has 2 aromatic rings. The summed E-state index contributed by atoms with van der Waals surface area (Å²) < 4.78 is 37.2. The number of likely N-dealkylation sites (N-methyl/N-ethyl adjacent to an activating group) is 1. The van der Waals surface area contributed by atoms with E-state index in [9.17, 15) is 32.8 Å². The highest BCUT2D eigenvalue weighted by molar-refractivity contribution is 8.00. The average Bonchev–Trinajstić information content (AvgIpc) is 2.91. The van der Waals surface area contributed by atoms with E-state index in [0.717, 1.165) is 12.1 Å². The predicted molar refractivity (Wildman–Crippen MR) is 143 cm³/mol. The average molecular weight is 577 g/mol. The summed E-state index contributed by atoms with van der Waals surface area (Å²) in [7, 11) is 1.87. The SMILES string of the molecule is CN1CCN(Cc2cc3c(nc2C=O)N(C(=O)Nc2cc(NCCSC(F)(F)F)c(C#N)cn2)CCC3)C(=O)C1. The smallest absolute Gasteiger partial charge is 0.383 e. The van der Waals surface area contributed by atoms with Gasteiger partial charge >= 0.3 is 11.5 Å². The summed E-state index contributed by atoms with van der Waals surface area (Å²) in [6, 6.07) is 4.54. The van der Waals surface area contributed by atoms with E-state index in [1.54, 1.807) is 4.90 Å². The number of nitrogens with zero attached hydrogens (tertiary/aromatic N) is 6. The van der Waals surface area contributed by atoms with Crippen molar-refractivity contribution in [3.63, 3.8) is 0 Å².